The van der Waals surface area contributed by atoms with Gasteiger partial charge in [-0.05, 0) is 6.92 Å². The van der Waals surface area contributed by atoms with E-state index in [4.69, 9.17) is 9.15 Å². The molecule has 0 unspecified atom stereocenters. The maximum absolute atomic E-state index is 11.5. The lowest BCUT2D eigenvalue weighted by Crippen LogP contribution is -2.11. The van der Waals surface area contributed by atoms with Crippen LogP contribution < -0.4 is 15.7 Å². The van der Waals surface area contributed by atoms with Gasteiger partial charge < -0.3 is 14.5 Å². The number of ether oxygens (including phenoxy) is 1. The van der Waals surface area contributed by atoms with E-state index in [0.29, 0.717) is 11.4 Å². The van der Waals surface area contributed by atoms with Crippen LogP contribution in [0.5, 0.6) is 5.75 Å². The van der Waals surface area contributed by atoms with Gasteiger partial charge in [0.05, 0.1) is 12.8 Å². The molecule has 0 amide bonds. The van der Waals surface area contributed by atoms with Crippen molar-refractivity contribution in [2.45, 2.75) is 13.8 Å². The molecule has 0 atom stereocenters. The van der Waals surface area contributed by atoms with E-state index in [-0.39, 0.29) is 17.3 Å². The summed E-state index contributed by atoms with van der Waals surface area (Å²) in [5, 5.41) is 2.83. The minimum absolute atomic E-state index is 0.0189. The number of allylic oxidation sites excluding steroid dienone is 1. The molecule has 0 radical (unpaired) electrons. The summed E-state index contributed by atoms with van der Waals surface area (Å²) in [7, 11) is 1.35. The SMILES string of the molecule is C=C(C)Nc1cc(C(C)=O)oc(=O)c1OC. The second-order valence-corrected chi connectivity index (χ2v) is 3.31. The molecule has 0 aliphatic rings. The highest BCUT2D eigenvalue weighted by molar-refractivity contribution is 5.92. The topological polar surface area (TPSA) is 68.5 Å². The van der Waals surface area contributed by atoms with Crippen molar-refractivity contribution in [2.24, 2.45) is 0 Å². The molecule has 1 N–H and O–H groups in total. The van der Waals surface area contributed by atoms with E-state index in [9.17, 15) is 9.59 Å². The Labute approximate surface area is 92.7 Å². The Hall–Kier alpha value is -2.04. The first-order valence-corrected chi connectivity index (χ1v) is 4.61. The highest BCUT2D eigenvalue weighted by Crippen LogP contribution is 2.22. The predicted octanol–water partition coefficient (Wildman–Crippen LogP) is 1.80. The molecule has 0 saturated carbocycles. The van der Waals surface area contributed by atoms with Crippen molar-refractivity contribution in [3.63, 3.8) is 0 Å². The fourth-order valence-corrected chi connectivity index (χ4v) is 1.17. The second kappa shape index (κ2) is 4.65. The number of nitrogens with one attached hydrogen (secondary N) is 1. The van der Waals surface area contributed by atoms with Crippen LogP contribution in [0, 0.1) is 0 Å². The summed E-state index contributed by atoms with van der Waals surface area (Å²) in [5.41, 5.74) is 0.300. The van der Waals surface area contributed by atoms with E-state index < -0.39 is 5.63 Å². The van der Waals surface area contributed by atoms with Crippen LogP contribution in [0.4, 0.5) is 5.69 Å². The molecule has 16 heavy (non-hydrogen) atoms. The van der Waals surface area contributed by atoms with Crippen LogP contribution in [0.1, 0.15) is 24.4 Å². The van der Waals surface area contributed by atoms with Crippen molar-refractivity contribution in [2.75, 3.05) is 12.4 Å². The summed E-state index contributed by atoms with van der Waals surface area (Å²) in [6.07, 6.45) is 0. The molecular formula is C11H13NO4. The molecule has 1 aromatic rings. The van der Waals surface area contributed by atoms with Gasteiger partial charge in [0.15, 0.2) is 11.5 Å². The van der Waals surface area contributed by atoms with E-state index in [1.165, 1.54) is 20.1 Å². The van der Waals surface area contributed by atoms with E-state index in [1.54, 1.807) is 6.92 Å². The Kier molecular flexibility index (Phi) is 3.50. The van der Waals surface area contributed by atoms with Gasteiger partial charge in [0.2, 0.25) is 5.75 Å². The second-order valence-electron chi connectivity index (χ2n) is 3.31. The Morgan fingerprint density at radius 3 is 2.56 bits per heavy atom. The van der Waals surface area contributed by atoms with Crippen LogP contribution in [-0.2, 0) is 0 Å². The Morgan fingerprint density at radius 1 is 1.50 bits per heavy atom. The monoisotopic (exact) mass is 223 g/mol. The molecule has 86 valence electrons. The molecule has 0 saturated heterocycles. The Balaban J connectivity index is 3.36. The molecule has 5 heteroatoms. The van der Waals surface area contributed by atoms with Gasteiger partial charge in [-0.2, -0.15) is 0 Å². The first-order valence-electron chi connectivity index (χ1n) is 4.61. The van der Waals surface area contributed by atoms with Crippen molar-refractivity contribution in [1.29, 1.82) is 0 Å². The van der Waals surface area contributed by atoms with Crippen molar-refractivity contribution in [1.82, 2.24) is 0 Å². The summed E-state index contributed by atoms with van der Waals surface area (Å²) in [5.74, 6) is -0.327. The van der Waals surface area contributed by atoms with Crippen LogP contribution in [0.2, 0.25) is 0 Å². The number of carbonyl (C=O) groups is 1. The van der Waals surface area contributed by atoms with E-state index in [2.05, 4.69) is 11.9 Å². The number of hydrogen-bond acceptors (Lipinski definition) is 5. The van der Waals surface area contributed by atoms with Crippen LogP contribution in [0.15, 0.2) is 27.6 Å². The predicted molar refractivity (Wildman–Crippen MR) is 60.0 cm³/mol. The number of anilines is 1. The van der Waals surface area contributed by atoms with Crippen LogP contribution in [-0.4, -0.2) is 12.9 Å². The molecule has 1 rings (SSSR count). The fourth-order valence-electron chi connectivity index (χ4n) is 1.17. The van der Waals surface area contributed by atoms with Gasteiger partial charge in [0.1, 0.15) is 0 Å². The molecule has 5 nitrogen and oxygen atoms in total. The van der Waals surface area contributed by atoms with Crippen LogP contribution in [0.25, 0.3) is 0 Å². The average Bonchev–Trinajstić information content (AvgIpc) is 2.16. The maximum Gasteiger partial charge on any atom is 0.381 e. The van der Waals surface area contributed by atoms with Crippen LogP contribution in [0.3, 0.4) is 0 Å². The first kappa shape index (κ1) is 12.0. The quantitative estimate of drug-likeness (QED) is 0.788. The van der Waals surface area contributed by atoms with Crippen molar-refractivity contribution in [3.05, 3.63) is 34.5 Å². The van der Waals surface area contributed by atoms with Gasteiger partial charge >= 0.3 is 5.63 Å². The normalized spacial score (nSPS) is 9.69. The van der Waals surface area contributed by atoms with E-state index in [1.807, 2.05) is 0 Å². The van der Waals surface area contributed by atoms with E-state index >= 15 is 0 Å². The Morgan fingerprint density at radius 2 is 2.12 bits per heavy atom. The zero-order valence-corrected chi connectivity index (χ0v) is 9.42. The molecule has 0 aromatic carbocycles. The number of methoxy groups -OCH3 is 1. The maximum atomic E-state index is 11.5. The summed E-state index contributed by atoms with van der Waals surface area (Å²) < 4.78 is 9.67. The van der Waals surface area contributed by atoms with Crippen molar-refractivity contribution < 1.29 is 13.9 Å². The van der Waals surface area contributed by atoms with Gasteiger partial charge in [-0.25, -0.2) is 4.79 Å². The average molecular weight is 223 g/mol. The zero-order chi connectivity index (χ0) is 12.3. The van der Waals surface area contributed by atoms with Crippen LogP contribution >= 0.6 is 0 Å². The first-order chi connectivity index (χ1) is 7.45. The lowest BCUT2D eigenvalue weighted by atomic mass is 10.2. The molecule has 0 aliphatic heterocycles. The number of Topliss-reactive ketones (excluding diaryl/α,β-unsaturated/α-hetero) is 1. The number of carbonyl (C=O) groups excluding carboxylic acids is 1. The molecule has 1 heterocycles. The number of hydrogen-bond donors (Lipinski definition) is 1. The third-order valence-corrected chi connectivity index (χ3v) is 1.81. The van der Waals surface area contributed by atoms with Gasteiger partial charge in [-0.3, -0.25) is 4.79 Å². The molecule has 0 spiro atoms. The largest absolute Gasteiger partial charge is 0.488 e. The third kappa shape index (κ3) is 2.50. The lowest BCUT2D eigenvalue weighted by molar-refractivity contribution is 0.0982. The zero-order valence-electron chi connectivity index (χ0n) is 9.42. The molecule has 0 aliphatic carbocycles. The number of rotatable bonds is 4. The summed E-state index contributed by atoms with van der Waals surface area (Å²) >= 11 is 0. The lowest BCUT2D eigenvalue weighted by Gasteiger charge is -2.09. The molecular weight excluding hydrogens is 210 g/mol. The minimum Gasteiger partial charge on any atom is -0.488 e. The highest BCUT2D eigenvalue weighted by atomic mass is 16.5. The Bertz CT molecular complexity index is 487. The smallest absolute Gasteiger partial charge is 0.381 e. The number of ketones is 1. The third-order valence-electron chi connectivity index (χ3n) is 1.81. The van der Waals surface area contributed by atoms with Gasteiger partial charge in [0.25, 0.3) is 0 Å². The minimum atomic E-state index is -0.695. The van der Waals surface area contributed by atoms with Crippen molar-refractivity contribution >= 4 is 11.5 Å². The highest BCUT2D eigenvalue weighted by Gasteiger charge is 2.14. The summed E-state index contributed by atoms with van der Waals surface area (Å²) in [6, 6.07) is 1.41. The summed E-state index contributed by atoms with van der Waals surface area (Å²) in [6.45, 7) is 6.68. The van der Waals surface area contributed by atoms with Crippen molar-refractivity contribution in [3.8, 4) is 5.75 Å². The van der Waals surface area contributed by atoms with Gasteiger partial charge in [-0.15, -0.1) is 0 Å². The van der Waals surface area contributed by atoms with E-state index in [0.717, 1.165) is 0 Å². The molecule has 0 bridgehead atoms. The van der Waals surface area contributed by atoms with Gasteiger partial charge in [0, 0.05) is 18.7 Å². The molecule has 0 fully saturated rings. The standard InChI is InChI=1S/C11H13NO4/c1-6(2)12-8-5-9(7(3)13)16-11(14)10(8)15-4/h5,12H,1H2,2-4H3. The van der Waals surface area contributed by atoms with Gasteiger partial charge in [-0.1, -0.05) is 6.58 Å². The summed E-state index contributed by atoms with van der Waals surface area (Å²) in [4.78, 5) is 22.6. The molecule has 1 aromatic heterocycles. The fraction of sp³-hybridized carbons (Fsp3) is 0.273.